The van der Waals surface area contributed by atoms with E-state index in [4.69, 9.17) is 14.6 Å². The van der Waals surface area contributed by atoms with E-state index < -0.39 is 0 Å². The lowest BCUT2D eigenvalue weighted by atomic mass is 9.86. The minimum absolute atomic E-state index is 0.0183. The molecule has 220 valence electrons. The van der Waals surface area contributed by atoms with Gasteiger partial charge in [-0.05, 0) is 98.3 Å². The minimum Gasteiger partial charge on any atom is -0.496 e. The van der Waals surface area contributed by atoms with Gasteiger partial charge in [-0.3, -0.25) is 0 Å². The second-order valence-corrected chi connectivity index (χ2v) is 12.7. The van der Waals surface area contributed by atoms with E-state index in [-0.39, 0.29) is 18.2 Å². The smallest absolute Gasteiger partial charge is 0.126 e. The van der Waals surface area contributed by atoms with Crippen LogP contribution in [0.4, 0.5) is 5.69 Å². The van der Waals surface area contributed by atoms with Crippen molar-refractivity contribution in [3.8, 4) is 16.9 Å². The number of hydrogen-bond acceptors (Lipinski definition) is 4. The predicted molar refractivity (Wildman–Crippen MR) is 182 cm³/mol. The summed E-state index contributed by atoms with van der Waals surface area (Å²) < 4.78 is 14.1. The van der Waals surface area contributed by atoms with Crippen molar-refractivity contribution >= 4 is 43.1 Å². The third-order valence-electron chi connectivity index (χ3n) is 7.10. The molecule has 5 rings (SSSR count). The van der Waals surface area contributed by atoms with E-state index in [1.54, 1.807) is 7.11 Å². The van der Waals surface area contributed by atoms with Crippen LogP contribution in [0.5, 0.6) is 5.75 Å². The SMILES string of the molecule is COc1ccccc1-c1ccc2c(c1)C(C(C)OCCc1cccc(Br)c1)=CC(C)(C)N2.OCCc1cccc(Br)c1. The Morgan fingerprint density at radius 2 is 1.48 bits per heavy atom. The fourth-order valence-corrected chi connectivity index (χ4v) is 5.98. The van der Waals surface area contributed by atoms with Gasteiger partial charge in [0.2, 0.25) is 0 Å². The zero-order valence-electron chi connectivity index (χ0n) is 24.7. The maximum Gasteiger partial charge on any atom is 0.126 e. The Labute approximate surface area is 267 Å². The Hall–Kier alpha value is -2.90. The van der Waals surface area contributed by atoms with Crippen LogP contribution < -0.4 is 10.1 Å². The van der Waals surface area contributed by atoms with Gasteiger partial charge >= 0.3 is 0 Å². The number of rotatable bonds is 9. The molecule has 4 aromatic carbocycles. The van der Waals surface area contributed by atoms with Crippen LogP contribution in [0.1, 0.15) is 37.5 Å². The summed E-state index contributed by atoms with van der Waals surface area (Å²) in [6.45, 7) is 7.42. The van der Waals surface area contributed by atoms with E-state index in [2.05, 4.69) is 106 Å². The number of aliphatic hydroxyl groups is 1. The average molecular weight is 694 g/mol. The Morgan fingerprint density at radius 1 is 0.810 bits per heavy atom. The molecule has 4 aromatic rings. The van der Waals surface area contributed by atoms with Gasteiger partial charge in [-0.25, -0.2) is 0 Å². The summed E-state index contributed by atoms with van der Waals surface area (Å²) in [5.74, 6) is 0.875. The van der Waals surface area contributed by atoms with Crippen molar-refractivity contribution in [2.24, 2.45) is 0 Å². The normalized spacial score (nSPS) is 14.0. The lowest BCUT2D eigenvalue weighted by Gasteiger charge is -2.34. The summed E-state index contributed by atoms with van der Waals surface area (Å²) in [7, 11) is 1.72. The summed E-state index contributed by atoms with van der Waals surface area (Å²) in [6, 6.07) is 31.1. The van der Waals surface area contributed by atoms with Gasteiger partial charge in [0.1, 0.15) is 5.75 Å². The number of para-hydroxylation sites is 1. The van der Waals surface area contributed by atoms with Gasteiger partial charge in [0.15, 0.2) is 0 Å². The number of halogens is 2. The van der Waals surface area contributed by atoms with Gasteiger partial charge in [-0.1, -0.05) is 86.5 Å². The largest absolute Gasteiger partial charge is 0.496 e. The lowest BCUT2D eigenvalue weighted by Crippen LogP contribution is -2.33. The Kier molecular flexibility index (Phi) is 11.4. The first-order chi connectivity index (χ1) is 20.2. The number of benzene rings is 4. The molecule has 1 aliphatic rings. The first kappa shape index (κ1) is 32.0. The highest BCUT2D eigenvalue weighted by Gasteiger charge is 2.27. The molecule has 0 fully saturated rings. The first-order valence-electron chi connectivity index (χ1n) is 14.2. The summed E-state index contributed by atoms with van der Waals surface area (Å²) in [5, 5.41) is 12.2. The quantitative estimate of drug-likeness (QED) is 0.184. The van der Waals surface area contributed by atoms with E-state index in [1.807, 2.05) is 48.5 Å². The zero-order valence-corrected chi connectivity index (χ0v) is 27.8. The molecule has 0 saturated carbocycles. The summed E-state index contributed by atoms with van der Waals surface area (Å²) >= 11 is 6.90. The third kappa shape index (κ3) is 8.81. The molecule has 0 saturated heterocycles. The molecule has 4 nitrogen and oxygen atoms in total. The van der Waals surface area contributed by atoms with Crippen LogP contribution in [0, 0.1) is 0 Å². The number of hydrogen-bond donors (Lipinski definition) is 2. The molecule has 0 radical (unpaired) electrons. The van der Waals surface area contributed by atoms with Gasteiger partial charge < -0.3 is 19.9 Å². The van der Waals surface area contributed by atoms with E-state index in [9.17, 15) is 0 Å². The summed E-state index contributed by atoms with van der Waals surface area (Å²) in [4.78, 5) is 0. The van der Waals surface area contributed by atoms with Crippen molar-refractivity contribution in [3.05, 3.63) is 123 Å². The monoisotopic (exact) mass is 691 g/mol. The molecule has 0 aromatic heterocycles. The highest BCUT2D eigenvalue weighted by Crippen LogP contribution is 2.40. The number of anilines is 1. The molecular formula is C36H39Br2NO3. The molecule has 2 N–H and O–H groups in total. The van der Waals surface area contributed by atoms with Gasteiger partial charge in [0.25, 0.3) is 0 Å². The van der Waals surface area contributed by atoms with Crippen molar-refractivity contribution in [2.45, 2.75) is 45.3 Å². The highest BCUT2D eigenvalue weighted by atomic mass is 79.9. The van der Waals surface area contributed by atoms with Crippen LogP contribution in [0.15, 0.2) is 106 Å². The van der Waals surface area contributed by atoms with Crippen LogP contribution >= 0.6 is 31.9 Å². The maximum absolute atomic E-state index is 8.60. The predicted octanol–water partition coefficient (Wildman–Crippen LogP) is 9.34. The van der Waals surface area contributed by atoms with Crippen LogP contribution in [0.25, 0.3) is 16.7 Å². The Balaban J connectivity index is 0.000000343. The van der Waals surface area contributed by atoms with E-state index >= 15 is 0 Å². The number of methoxy groups -OCH3 is 1. The number of nitrogens with one attached hydrogen (secondary N) is 1. The average Bonchev–Trinajstić information content (AvgIpc) is 2.96. The lowest BCUT2D eigenvalue weighted by molar-refractivity contribution is 0.106. The summed E-state index contributed by atoms with van der Waals surface area (Å²) in [5.41, 5.74) is 8.05. The minimum atomic E-state index is -0.143. The van der Waals surface area contributed by atoms with Gasteiger partial charge in [0.05, 0.1) is 25.4 Å². The second-order valence-electron chi connectivity index (χ2n) is 10.9. The molecule has 42 heavy (non-hydrogen) atoms. The van der Waals surface area contributed by atoms with E-state index in [1.165, 1.54) is 16.7 Å². The molecule has 0 amide bonds. The molecule has 1 unspecified atom stereocenters. The Morgan fingerprint density at radius 3 is 2.12 bits per heavy atom. The van der Waals surface area contributed by atoms with Crippen molar-refractivity contribution in [2.75, 3.05) is 25.6 Å². The van der Waals surface area contributed by atoms with Gasteiger partial charge in [0, 0.05) is 32.4 Å². The van der Waals surface area contributed by atoms with E-state index in [0.29, 0.717) is 6.61 Å². The molecule has 6 heteroatoms. The van der Waals surface area contributed by atoms with Crippen LogP contribution in [0.2, 0.25) is 0 Å². The number of fused-ring (bicyclic) bond motifs is 1. The molecule has 1 atom stereocenters. The van der Waals surface area contributed by atoms with Crippen LogP contribution in [0.3, 0.4) is 0 Å². The second kappa shape index (κ2) is 15.0. The van der Waals surface area contributed by atoms with E-state index in [0.717, 1.165) is 49.9 Å². The van der Waals surface area contributed by atoms with Crippen molar-refractivity contribution in [1.29, 1.82) is 0 Å². The zero-order chi connectivity index (χ0) is 30.1. The van der Waals surface area contributed by atoms with Crippen LogP contribution in [-0.4, -0.2) is 37.1 Å². The molecule has 0 aliphatic carbocycles. The van der Waals surface area contributed by atoms with Crippen LogP contribution in [-0.2, 0) is 17.6 Å². The highest BCUT2D eigenvalue weighted by molar-refractivity contribution is 9.10. The molecule has 1 aliphatic heterocycles. The fourth-order valence-electron chi connectivity index (χ4n) is 5.09. The van der Waals surface area contributed by atoms with Crippen molar-refractivity contribution < 1.29 is 14.6 Å². The Bertz CT molecular complexity index is 1520. The molecular weight excluding hydrogens is 654 g/mol. The maximum atomic E-state index is 8.60. The third-order valence-corrected chi connectivity index (χ3v) is 8.08. The fraction of sp³-hybridized carbons (Fsp3) is 0.278. The number of aliphatic hydroxyl groups excluding tert-OH is 1. The topological polar surface area (TPSA) is 50.7 Å². The summed E-state index contributed by atoms with van der Waals surface area (Å²) in [6.07, 6.45) is 3.90. The first-order valence-corrected chi connectivity index (χ1v) is 15.8. The van der Waals surface area contributed by atoms with Gasteiger partial charge in [-0.15, -0.1) is 0 Å². The van der Waals surface area contributed by atoms with Crippen molar-refractivity contribution in [3.63, 3.8) is 0 Å². The number of ether oxygens (including phenoxy) is 2. The molecule has 0 bridgehead atoms. The molecule has 1 heterocycles. The van der Waals surface area contributed by atoms with Gasteiger partial charge in [-0.2, -0.15) is 0 Å². The molecule has 0 spiro atoms. The van der Waals surface area contributed by atoms with Crippen molar-refractivity contribution in [1.82, 2.24) is 0 Å². The standard InChI is InChI=1S/C28H30BrNO2.C8H9BrO/c1-19(32-15-14-20-8-7-9-22(29)16-20)25-18-28(2,3)30-26-13-12-21(17-24(25)26)23-10-5-6-11-27(23)31-4;9-8-3-1-2-7(6-8)4-5-10/h5-13,16-19,30H,14-15H2,1-4H3;1-3,6,10H,4-5H2.